The Morgan fingerprint density at radius 3 is 2.21 bits per heavy atom. The van der Waals surface area contributed by atoms with Gasteiger partial charge in [-0.15, -0.1) is 0 Å². The number of carbonyl (C=O) groups excluding carboxylic acids is 1. The first-order chi connectivity index (χ1) is 18.5. The summed E-state index contributed by atoms with van der Waals surface area (Å²) < 4.78 is 3.04. The molecule has 9 nitrogen and oxygen atoms in total. The summed E-state index contributed by atoms with van der Waals surface area (Å²) in [7, 11) is 0. The SMILES string of the molecule is CC(C)n1ncn(-c2ccc(N3CCN(C(C(=O)NCc4ccccn4)c4ccccc4)CC3)cc2)c1=O. The van der Waals surface area contributed by atoms with Crippen molar-refractivity contribution in [3.8, 4) is 5.69 Å². The molecule has 1 N–H and O–H groups in total. The molecule has 1 amide bonds. The van der Waals surface area contributed by atoms with Gasteiger partial charge >= 0.3 is 5.69 Å². The molecule has 4 aromatic rings. The van der Waals surface area contributed by atoms with Gasteiger partial charge in [-0.05, 0) is 55.8 Å². The van der Waals surface area contributed by atoms with Gasteiger partial charge in [0.2, 0.25) is 5.91 Å². The van der Waals surface area contributed by atoms with Crippen LogP contribution in [0.1, 0.15) is 37.2 Å². The average Bonchev–Trinajstić information content (AvgIpc) is 3.35. The number of nitrogens with zero attached hydrogens (tertiary/aromatic N) is 6. The molecule has 1 fully saturated rings. The van der Waals surface area contributed by atoms with Gasteiger partial charge in [0.25, 0.3) is 0 Å². The van der Waals surface area contributed by atoms with Crippen LogP contribution < -0.4 is 15.9 Å². The van der Waals surface area contributed by atoms with Gasteiger partial charge in [0.1, 0.15) is 12.4 Å². The molecule has 0 spiro atoms. The Balaban J connectivity index is 1.26. The first-order valence-corrected chi connectivity index (χ1v) is 13.0. The highest BCUT2D eigenvalue weighted by atomic mass is 16.2. The molecule has 0 bridgehead atoms. The Labute approximate surface area is 222 Å². The highest BCUT2D eigenvalue weighted by molar-refractivity contribution is 5.83. The van der Waals surface area contributed by atoms with Gasteiger partial charge in [-0.2, -0.15) is 5.10 Å². The molecule has 196 valence electrons. The van der Waals surface area contributed by atoms with Crippen LogP contribution in [-0.2, 0) is 11.3 Å². The number of benzene rings is 2. The van der Waals surface area contributed by atoms with Crippen molar-refractivity contribution < 1.29 is 4.79 Å². The van der Waals surface area contributed by atoms with Crippen LogP contribution in [0.3, 0.4) is 0 Å². The second-order valence-corrected chi connectivity index (χ2v) is 9.71. The molecule has 38 heavy (non-hydrogen) atoms. The van der Waals surface area contributed by atoms with E-state index in [-0.39, 0.29) is 23.7 Å². The van der Waals surface area contributed by atoms with Crippen molar-refractivity contribution in [1.29, 1.82) is 0 Å². The number of anilines is 1. The number of nitrogens with one attached hydrogen (secondary N) is 1. The Bertz CT molecular complexity index is 1390. The third-order valence-corrected chi connectivity index (χ3v) is 6.89. The number of pyridine rings is 1. The Kier molecular flexibility index (Phi) is 7.65. The smallest absolute Gasteiger partial charge is 0.350 e. The molecule has 9 heteroatoms. The van der Waals surface area contributed by atoms with Crippen molar-refractivity contribution >= 4 is 11.6 Å². The normalized spacial score (nSPS) is 15.0. The summed E-state index contributed by atoms with van der Waals surface area (Å²) >= 11 is 0. The van der Waals surface area contributed by atoms with Gasteiger partial charge in [-0.25, -0.2) is 14.0 Å². The van der Waals surface area contributed by atoms with Gasteiger partial charge in [0.05, 0.1) is 24.0 Å². The van der Waals surface area contributed by atoms with E-state index in [1.807, 2.05) is 86.6 Å². The summed E-state index contributed by atoms with van der Waals surface area (Å²) in [4.78, 5) is 34.9. The largest absolute Gasteiger partial charge is 0.369 e. The van der Waals surface area contributed by atoms with Crippen molar-refractivity contribution in [1.82, 2.24) is 29.5 Å². The first kappa shape index (κ1) is 25.4. The number of hydrogen-bond acceptors (Lipinski definition) is 6. The third-order valence-electron chi connectivity index (χ3n) is 6.89. The molecule has 1 saturated heterocycles. The number of hydrogen-bond donors (Lipinski definition) is 1. The van der Waals surface area contributed by atoms with E-state index in [4.69, 9.17) is 0 Å². The van der Waals surface area contributed by atoms with Gasteiger partial charge < -0.3 is 10.2 Å². The molecule has 0 saturated carbocycles. The van der Waals surface area contributed by atoms with E-state index >= 15 is 0 Å². The molecule has 2 aromatic carbocycles. The van der Waals surface area contributed by atoms with Gasteiger partial charge in [-0.3, -0.25) is 14.7 Å². The van der Waals surface area contributed by atoms with Crippen LogP contribution in [0.25, 0.3) is 5.69 Å². The van der Waals surface area contributed by atoms with Crippen molar-refractivity contribution in [3.63, 3.8) is 0 Å². The predicted octanol–water partition coefficient (Wildman–Crippen LogP) is 3.19. The fourth-order valence-corrected chi connectivity index (χ4v) is 4.85. The molecule has 0 aliphatic carbocycles. The zero-order valence-corrected chi connectivity index (χ0v) is 21.8. The van der Waals surface area contributed by atoms with Crippen LogP contribution >= 0.6 is 0 Å². The fraction of sp³-hybridized carbons (Fsp3) is 0.310. The first-order valence-electron chi connectivity index (χ1n) is 13.0. The lowest BCUT2D eigenvalue weighted by Gasteiger charge is -2.39. The minimum Gasteiger partial charge on any atom is -0.369 e. The van der Waals surface area contributed by atoms with Crippen LogP contribution in [-0.4, -0.2) is 56.3 Å². The third kappa shape index (κ3) is 5.52. The van der Waals surface area contributed by atoms with E-state index in [1.54, 1.807) is 17.1 Å². The summed E-state index contributed by atoms with van der Waals surface area (Å²) in [5.74, 6) is -0.0213. The van der Waals surface area contributed by atoms with E-state index in [9.17, 15) is 9.59 Å². The second-order valence-electron chi connectivity index (χ2n) is 9.71. The molecular weight excluding hydrogens is 478 g/mol. The van der Waals surface area contributed by atoms with Crippen LogP contribution in [0.15, 0.2) is 90.1 Å². The quantitative estimate of drug-likeness (QED) is 0.391. The summed E-state index contributed by atoms with van der Waals surface area (Å²) in [6, 6.07) is 23.3. The maximum Gasteiger partial charge on any atom is 0.350 e. The van der Waals surface area contributed by atoms with E-state index in [0.29, 0.717) is 6.54 Å². The maximum absolute atomic E-state index is 13.4. The average molecular weight is 512 g/mol. The zero-order valence-electron chi connectivity index (χ0n) is 21.8. The summed E-state index contributed by atoms with van der Waals surface area (Å²) in [5.41, 5.74) is 3.55. The molecule has 1 atom stereocenters. The molecule has 5 rings (SSSR count). The summed E-state index contributed by atoms with van der Waals surface area (Å²) in [5, 5.41) is 7.29. The fourth-order valence-electron chi connectivity index (χ4n) is 4.85. The lowest BCUT2D eigenvalue weighted by atomic mass is 10.0. The van der Waals surface area contributed by atoms with Crippen molar-refractivity contribution in [2.75, 3.05) is 31.1 Å². The lowest BCUT2D eigenvalue weighted by molar-refractivity contribution is -0.127. The minimum absolute atomic E-state index is 0.0103. The van der Waals surface area contributed by atoms with Gasteiger partial charge in [0.15, 0.2) is 0 Å². The monoisotopic (exact) mass is 511 g/mol. The Morgan fingerprint density at radius 1 is 0.895 bits per heavy atom. The highest BCUT2D eigenvalue weighted by Crippen LogP contribution is 2.25. The summed E-state index contributed by atoms with van der Waals surface area (Å²) in [6.45, 7) is 7.36. The van der Waals surface area contributed by atoms with Crippen molar-refractivity contribution in [2.24, 2.45) is 0 Å². The zero-order chi connectivity index (χ0) is 26.5. The number of aromatic nitrogens is 4. The van der Waals surface area contributed by atoms with Crippen LogP contribution in [0, 0.1) is 0 Å². The molecule has 1 aliphatic rings. The van der Waals surface area contributed by atoms with E-state index < -0.39 is 0 Å². The maximum atomic E-state index is 13.4. The standard InChI is InChI=1S/C29H33N7O2/c1-22(2)36-29(38)35(21-32-36)26-13-11-25(12-14-26)33-16-18-34(19-17-33)27(23-8-4-3-5-9-23)28(37)31-20-24-10-6-7-15-30-24/h3-15,21-22,27H,16-20H2,1-2H3,(H,31,37). The molecule has 0 radical (unpaired) electrons. The van der Waals surface area contributed by atoms with E-state index in [2.05, 4.69) is 25.2 Å². The van der Waals surface area contributed by atoms with Crippen LogP contribution in [0.4, 0.5) is 5.69 Å². The number of carbonyl (C=O) groups is 1. The number of piperazine rings is 1. The van der Waals surface area contributed by atoms with Crippen molar-refractivity contribution in [3.05, 3.63) is 107 Å². The van der Waals surface area contributed by atoms with Gasteiger partial charge in [-0.1, -0.05) is 36.4 Å². The molecular formula is C29H33N7O2. The summed E-state index contributed by atoms with van der Waals surface area (Å²) in [6.07, 6.45) is 3.30. The molecule has 1 unspecified atom stereocenters. The van der Waals surface area contributed by atoms with E-state index in [0.717, 1.165) is 48.8 Å². The highest BCUT2D eigenvalue weighted by Gasteiger charge is 2.30. The predicted molar refractivity (Wildman–Crippen MR) is 147 cm³/mol. The number of rotatable bonds is 8. The second kappa shape index (κ2) is 11.4. The molecule has 1 aliphatic heterocycles. The van der Waals surface area contributed by atoms with Gasteiger partial charge in [0, 0.05) is 38.1 Å². The van der Waals surface area contributed by atoms with E-state index in [1.165, 1.54) is 4.68 Å². The van der Waals surface area contributed by atoms with Crippen LogP contribution in [0.5, 0.6) is 0 Å². The Hall–Kier alpha value is -4.24. The van der Waals surface area contributed by atoms with Crippen molar-refractivity contribution in [2.45, 2.75) is 32.5 Å². The topological polar surface area (TPSA) is 88.3 Å². The number of amides is 1. The van der Waals surface area contributed by atoms with Crippen LogP contribution in [0.2, 0.25) is 0 Å². The lowest BCUT2D eigenvalue weighted by Crippen LogP contribution is -2.51. The minimum atomic E-state index is -0.367. The molecule has 3 heterocycles. The Morgan fingerprint density at radius 2 is 1.58 bits per heavy atom. The molecule has 2 aromatic heterocycles.